The molecule has 15 nitrogen and oxygen atoms in total. The molecule has 0 fully saturated rings. The number of aliphatic carboxylic acids is 4. The molecule has 4 unspecified atom stereocenters. The van der Waals surface area contributed by atoms with Gasteiger partial charge in [-0.05, 0) is 12.3 Å². The molecule has 0 radical (unpaired) electrons. The van der Waals surface area contributed by atoms with E-state index in [0.717, 1.165) is 0 Å². The first-order valence-corrected chi connectivity index (χ1v) is 9.70. The van der Waals surface area contributed by atoms with Crippen molar-refractivity contribution in [2.45, 2.75) is 63.7 Å². The molecule has 0 aliphatic rings. The summed E-state index contributed by atoms with van der Waals surface area (Å²) in [5.41, 5.74) is 5.70. The largest absolute Gasteiger partial charge is 0.481 e. The van der Waals surface area contributed by atoms with Crippen molar-refractivity contribution >= 4 is 41.6 Å². The fraction of sp³-hybridized carbons (Fsp3) is 0.611. The molecular formula is C18H28N4O11. The molecule has 9 N–H and O–H groups in total. The molecule has 33 heavy (non-hydrogen) atoms. The standard InChI is InChI=1S/C18H28N4O11/c1-7(2)14(19)17(31)20-8(3-4-11(23)24)15(29)21-9(5-12(25)26)16(30)22-10(18(32)33)6-13(27)28/h7-10,14H,3-6,19H2,1-2H3,(H,20,31)(H,21,29)(H,22,30)(H,23,24)(H,25,26)(H,27,28)(H,32,33). The molecule has 0 aromatic carbocycles. The van der Waals surface area contributed by atoms with Gasteiger partial charge in [0.15, 0.2) is 0 Å². The van der Waals surface area contributed by atoms with Crippen LogP contribution in [0.1, 0.15) is 39.5 Å². The van der Waals surface area contributed by atoms with E-state index in [4.69, 9.17) is 26.2 Å². The van der Waals surface area contributed by atoms with Crippen LogP contribution < -0.4 is 21.7 Å². The van der Waals surface area contributed by atoms with Crippen LogP contribution >= 0.6 is 0 Å². The van der Waals surface area contributed by atoms with E-state index < -0.39 is 91.4 Å². The maximum Gasteiger partial charge on any atom is 0.326 e. The van der Waals surface area contributed by atoms with Gasteiger partial charge in [-0.25, -0.2) is 4.79 Å². The molecule has 0 rings (SSSR count). The number of nitrogens with two attached hydrogens (primary N) is 1. The predicted octanol–water partition coefficient (Wildman–Crippen LogP) is -2.68. The second kappa shape index (κ2) is 13.6. The average Bonchev–Trinajstić information content (AvgIpc) is 2.67. The lowest BCUT2D eigenvalue weighted by atomic mass is 10.0. The van der Waals surface area contributed by atoms with Crippen molar-refractivity contribution in [1.29, 1.82) is 0 Å². The third-order valence-electron chi connectivity index (χ3n) is 4.31. The van der Waals surface area contributed by atoms with Crippen molar-refractivity contribution < 1.29 is 54.0 Å². The fourth-order valence-corrected chi connectivity index (χ4v) is 2.41. The zero-order valence-electron chi connectivity index (χ0n) is 17.9. The minimum atomic E-state index is -1.91. The topological polar surface area (TPSA) is 263 Å². The van der Waals surface area contributed by atoms with Gasteiger partial charge in [-0.15, -0.1) is 0 Å². The first-order chi connectivity index (χ1) is 15.1. The van der Waals surface area contributed by atoms with E-state index in [1.54, 1.807) is 13.8 Å². The van der Waals surface area contributed by atoms with Crippen LogP contribution in [0, 0.1) is 5.92 Å². The second-order valence-electron chi connectivity index (χ2n) is 7.42. The lowest BCUT2D eigenvalue weighted by molar-refractivity contribution is -0.148. The zero-order valence-corrected chi connectivity index (χ0v) is 17.9. The lowest BCUT2D eigenvalue weighted by Gasteiger charge is -2.24. The molecule has 3 amide bonds. The number of amides is 3. The van der Waals surface area contributed by atoms with Gasteiger partial charge < -0.3 is 42.1 Å². The van der Waals surface area contributed by atoms with Crippen LogP contribution in [-0.4, -0.2) is 86.2 Å². The summed E-state index contributed by atoms with van der Waals surface area (Å²) < 4.78 is 0. The smallest absolute Gasteiger partial charge is 0.326 e. The van der Waals surface area contributed by atoms with Gasteiger partial charge in [-0.1, -0.05) is 13.8 Å². The quantitative estimate of drug-likeness (QED) is 0.120. The number of rotatable bonds is 15. The Kier molecular flexibility index (Phi) is 12.1. The van der Waals surface area contributed by atoms with Gasteiger partial charge in [-0.3, -0.25) is 28.8 Å². The van der Waals surface area contributed by atoms with E-state index in [1.807, 2.05) is 10.6 Å². The monoisotopic (exact) mass is 476 g/mol. The average molecular weight is 476 g/mol. The summed E-state index contributed by atoms with van der Waals surface area (Å²) in [4.78, 5) is 81.1. The van der Waals surface area contributed by atoms with Gasteiger partial charge in [0.25, 0.3) is 0 Å². The first-order valence-electron chi connectivity index (χ1n) is 9.70. The molecule has 0 aliphatic carbocycles. The first kappa shape index (κ1) is 29.2. The molecular weight excluding hydrogens is 448 g/mol. The summed E-state index contributed by atoms with van der Waals surface area (Å²) in [6.07, 6.45) is -3.01. The van der Waals surface area contributed by atoms with Crippen molar-refractivity contribution in [3.05, 3.63) is 0 Å². The highest BCUT2D eigenvalue weighted by Gasteiger charge is 2.32. The molecule has 0 aliphatic heterocycles. The highest BCUT2D eigenvalue weighted by atomic mass is 16.4. The number of carboxylic acid groups (broad SMARTS) is 4. The zero-order chi connectivity index (χ0) is 25.9. The number of hydrogen-bond donors (Lipinski definition) is 8. The van der Waals surface area contributed by atoms with Crippen LogP contribution in [-0.2, 0) is 33.6 Å². The van der Waals surface area contributed by atoms with Crippen LogP contribution in [0.2, 0.25) is 0 Å². The van der Waals surface area contributed by atoms with E-state index >= 15 is 0 Å². The highest BCUT2D eigenvalue weighted by molar-refractivity contribution is 5.96. The van der Waals surface area contributed by atoms with Gasteiger partial charge in [0, 0.05) is 6.42 Å². The van der Waals surface area contributed by atoms with Crippen molar-refractivity contribution in [2.75, 3.05) is 0 Å². The predicted molar refractivity (Wildman–Crippen MR) is 108 cm³/mol. The molecule has 0 bridgehead atoms. The second-order valence-corrected chi connectivity index (χ2v) is 7.42. The Balaban J connectivity index is 5.61. The molecule has 0 aromatic rings. The minimum Gasteiger partial charge on any atom is -0.481 e. The van der Waals surface area contributed by atoms with Crippen molar-refractivity contribution in [2.24, 2.45) is 11.7 Å². The molecule has 0 saturated heterocycles. The Morgan fingerprint density at radius 3 is 1.52 bits per heavy atom. The van der Waals surface area contributed by atoms with Crippen molar-refractivity contribution in [3.63, 3.8) is 0 Å². The molecule has 186 valence electrons. The summed E-state index contributed by atoms with van der Waals surface area (Å²) in [5.74, 6) is -9.67. The summed E-state index contributed by atoms with van der Waals surface area (Å²) in [7, 11) is 0. The summed E-state index contributed by atoms with van der Waals surface area (Å²) >= 11 is 0. The molecule has 4 atom stereocenters. The molecule has 0 saturated carbocycles. The lowest BCUT2D eigenvalue weighted by Crippen LogP contribution is -2.58. The third-order valence-corrected chi connectivity index (χ3v) is 4.31. The molecule has 0 spiro atoms. The van der Waals surface area contributed by atoms with E-state index in [9.17, 15) is 33.6 Å². The third kappa shape index (κ3) is 11.4. The fourth-order valence-electron chi connectivity index (χ4n) is 2.41. The van der Waals surface area contributed by atoms with Crippen molar-refractivity contribution in [1.82, 2.24) is 16.0 Å². The SMILES string of the molecule is CC(C)C(N)C(=O)NC(CCC(=O)O)C(=O)NC(CC(=O)O)C(=O)NC(CC(=O)O)C(=O)O. The van der Waals surface area contributed by atoms with Gasteiger partial charge >= 0.3 is 23.9 Å². The summed E-state index contributed by atoms with van der Waals surface area (Å²) in [6, 6.07) is -6.31. The number of carboxylic acids is 4. The van der Waals surface area contributed by atoms with Crippen LogP contribution in [0.15, 0.2) is 0 Å². The normalized spacial score (nSPS) is 14.3. The number of nitrogens with one attached hydrogen (secondary N) is 3. The van der Waals surface area contributed by atoms with Crippen LogP contribution in [0.5, 0.6) is 0 Å². The Labute approximate surface area is 187 Å². The molecule has 0 aromatic heterocycles. The van der Waals surface area contributed by atoms with Crippen LogP contribution in [0.4, 0.5) is 0 Å². The molecule has 0 heterocycles. The highest BCUT2D eigenvalue weighted by Crippen LogP contribution is 2.05. The maximum atomic E-state index is 12.6. The van der Waals surface area contributed by atoms with E-state index in [0.29, 0.717) is 0 Å². The molecule has 15 heteroatoms. The number of carbonyl (C=O) groups excluding carboxylic acids is 3. The Morgan fingerprint density at radius 2 is 1.09 bits per heavy atom. The Bertz CT molecular complexity index is 783. The van der Waals surface area contributed by atoms with Crippen LogP contribution in [0.25, 0.3) is 0 Å². The van der Waals surface area contributed by atoms with Gasteiger partial charge in [0.2, 0.25) is 17.7 Å². The van der Waals surface area contributed by atoms with Crippen LogP contribution in [0.3, 0.4) is 0 Å². The number of hydrogen-bond acceptors (Lipinski definition) is 8. The summed E-state index contributed by atoms with van der Waals surface area (Å²) in [5, 5.41) is 41.8. The van der Waals surface area contributed by atoms with Gasteiger partial charge in [-0.2, -0.15) is 0 Å². The van der Waals surface area contributed by atoms with E-state index in [1.165, 1.54) is 0 Å². The van der Waals surface area contributed by atoms with Gasteiger partial charge in [0.1, 0.15) is 18.1 Å². The Hall–Kier alpha value is -3.75. The van der Waals surface area contributed by atoms with Gasteiger partial charge in [0.05, 0.1) is 18.9 Å². The Morgan fingerprint density at radius 1 is 0.667 bits per heavy atom. The maximum absolute atomic E-state index is 12.6. The number of carbonyl (C=O) groups is 7. The minimum absolute atomic E-state index is 0.332. The summed E-state index contributed by atoms with van der Waals surface area (Å²) in [6.45, 7) is 3.25. The van der Waals surface area contributed by atoms with Crippen molar-refractivity contribution in [3.8, 4) is 0 Å². The van der Waals surface area contributed by atoms with E-state index in [2.05, 4.69) is 5.32 Å². The van der Waals surface area contributed by atoms with E-state index in [-0.39, 0.29) is 5.92 Å².